The zero-order valence-electron chi connectivity index (χ0n) is 10.9. The maximum absolute atomic E-state index is 11.1. The smallest absolute Gasteiger partial charge is 0.192 e. The first-order chi connectivity index (χ1) is 9.24. The summed E-state index contributed by atoms with van der Waals surface area (Å²) in [5.74, 6) is 1.25. The molecule has 3 aromatic rings. The van der Waals surface area contributed by atoms with Gasteiger partial charge in [0, 0.05) is 12.1 Å². The average molecular weight is 254 g/mol. The van der Waals surface area contributed by atoms with Gasteiger partial charge in [-0.2, -0.15) is 0 Å². The third kappa shape index (κ3) is 1.76. The van der Waals surface area contributed by atoms with Gasteiger partial charge in [0.2, 0.25) is 0 Å². The molecule has 2 aromatic heterocycles. The van der Waals surface area contributed by atoms with Gasteiger partial charge in [0.25, 0.3) is 0 Å². The number of furan rings is 1. The van der Waals surface area contributed by atoms with Crippen LogP contribution in [0.3, 0.4) is 0 Å². The van der Waals surface area contributed by atoms with Crippen molar-refractivity contribution < 1.29 is 9.21 Å². The molecule has 0 unspecified atom stereocenters. The number of rotatable bonds is 3. The van der Waals surface area contributed by atoms with Gasteiger partial charge in [0.1, 0.15) is 23.1 Å². The number of fused-ring (bicyclic) bond motifs is 1. The highest BCUT2D eigenvalue weighted by molar-refractivity contribution is 5.93. The Morgan fingerprint density at radius 1 is 1.32 bits per heavy atom. The van der Waals surface area contributed by atoms with E-state index in [1.54, 1.807) is 0 Å². The summed E-state index contributed by atoms with van der Waals surface area (Å²) in [7, 11) is 0. The second-order valence-electron chi connectivity index (χ2n) is 4.50. The summed E-state index contributed by atoms with van der Waals surface area (Å²) >= 11 is 0. The molecule has 0 bridgehead atoms. The summed E-state index contributed by atoms with van der Waals surface area (Å²) in [6.07, 6.45) is 3.05. The standard InChI is InChI=1S/C15H14N2O2/c1-3-14-16-12-9-19-13(8-18)15(12)17(14)11-6-4-10(2)5-7-11/h4-9H,3H2,1-2H3. The highest BCUT2D eigenvalue weighted by atomic mass is 16.3. The zero-order valence-corrected chi connectivity index (χ0v) is 10.9. The molecule has 3 rings (SSSR count). The molecule has 0 aliphatic carbocycles. The molecule has 96 valence electrons. The van der Waals surface area contributed by atoms with E-state index in [4.69, 9.17) is 4.42 Å². The molecular formula is C15H14N2O2. The average Bonchev–Trinajstić information content (AvgIpc) is 2.97. The highest BCUT2D eigenvalue weighted by Crippen LogP contribution is 2.26. The summed E-state index contributed by atoms with van der Waals surface area (Å²) in [5.41, 5.74) is 3.66. The Balaban J connectivity index is 2.33. The van der Waals surface area contributed by atoms with Crippen LogP contribution in [0.5, 0.6) is 0 Å². The zero-order chi connectivity index (χ0) is 13.4. The molecule has 0 saturated carbocycles. The van der Waals surface area contributed by atoms with E-state index in [9.17, 15) is 4.79 Å². The number of benzene rings is 1. The maximum atomic E-state index is 11.1. The highest BCUT2D eigenvalue weighted by Gasteiger charge is 2.17. The summed E-state index contributed by atoms with van der Waals surface area (Å²) in [4.78, 5) is 15.6. The van der Waals surface area contributed by atoms with Crippen LogP contribution in [0.15, 0.2) is 34.9 Å². The van der Waals surface area contributed by atoms with Crippen LogP contribution in [0.2, 0.25) is 0 Å². The second-order valence-corrected chi connectivity index (χ2v) is 4.50. The second kappa shape index (κ2) is 4.39. The maximum Gasteiger partial charge on any atom is 0.192 e. The summed E-state index contributed by atoms with van der Waals surface area (Å²) in [5, 5.41) is 0. The molecule has 0 radical (unpaired) electrons. The van der Waals surface area contributed by atoms with Gasteiger partial charge in [0.05, 0.1) is 0 Å². The van der Waals surface area contributed by atoms with Crippen molar-refractivity contribution >= 4 is 17.3 Å². The van der Waals surface area contributed by atoms with Crippen LogP contribution in [-0.4, -0.2) is 15.8 Å². The number of aromatic nitrogens is 2. The van der Waals surface area contributed by atoms with Gasteiger partial charge >= 0.3 is 0 Å². The molecule has 0 spiro atoms. The van der Waals surface area contributed by atoms with E-state index in [1.807, 2.05) is 42.7 Å². The van der Waals surface area contributed by atoms with Gasteiger partial charge in [0.15, 0.2) is 12.0 Å². The van der Waals surface area contributed by atoms with Crippen LogP contribution in [-0.2, 0) is 6.42 Å². The fourth-order valence-corrected chi connectivity index (χ4v) is 2.27. The fraction of sp³-hybridized carbons (Fsp3) is 0.200. The van der Waals surface area contributed by atoms with Crippen molar-refractivity contribution in [3.8, 4) is 5.69 Å². The van der Waals surface area contributed by atoms with Gasteiger partial charge in [-0.15, -0.1) is 0 Å². The number of imidazole rings is 1. The minimum atomic E-state index is 0.322. The molecule has 0 atom stereocenters. The van der Waals surface area contributed by atoms with E-state index < -0.39 is 0 Å². The third-order valence-electron chi connectivity index (χ3n) is 3.22. The lowest BCUT2D eigenvalue weighted by Crippen LogP contribution is -2.01. The fourth-order valence-electron chi connectivity index (χ4n) is 2.27. The van der Waals surface area contributed by atoms with Crippen LogP contribution in [0.25, 0.3) is 16.7 Å². The van der Waals surface area contributed by atoms with E-state index in [0.29, 0.717) is 5.76 Å². The molecule has 0 fully saturated rings. The van der Waals surface area contributed by atoms with Gasteiger partial charge in [-0.1, -0.05) is 24.6 Å². The Labute approximate surface area is 110 Å². The van der Waals surface area contributed by atoms with Gasteiger partial charge in [-0.05, 0) is 19.1 Å². The Bertz CT molecular complexity index is 735. The molecule has 0 amide bonds. The number of carbonyl (C=O) groups is 1. The Morgan fingerprint density at radius 2 is 2.05 bits per heavy atom. The van der Waals surface area contributed by atoms with Crippen LogP contribution >= 0.6 is 0 Å². The Hall–Kier alpha value is -2.36. The van der Waals surface area contributed by atoms with Gasteiger partial charge in [-0.3, -0.25) is 9.36 Å². The molecule has 0 saturated heterocycles. The van der Waals surface area contributed by atoms with Gasteiger partial charge < -0.3 is 4.42 Å². The number of nitrogens with zero attached hydrogens (tertiary/aromatic N) is 2. The lowest BCUT2D eigenvalue weighted by Gasteiger charge is -2.08. The van der Waals surface area contributed by atoms with Crippen LogP contribution in [0.1, 0.15) is 28.9 Å². The van der Waals surface area contributed by atoms with E-state index >= 15 is 0 Å². The largest absolute Gasteiger partial charge is 0.457 e. The number of hydrogen-bond acceptors (Lipinski definition) is 3. The number of aldehydes is 1. The molecule has 0 N–H and O–H groups in total. The van der Waals surface area contributed by atoms with Crippen molar-refractivity contribution in [3.05, 3.63) is 47.7 Å². The third-order valence-corrected chi connectivity index (χ3v) is 3.22. The molecule has 2 heterocycles. The first-order valence-corrected chi connectivity index (χ1v) is 6.25. The van der Waals surface area contributed by atoms with Crippen molar-refractivity contribution in [3.63, 3.8) is 0 Å². The van der Waals surface area contributed by atoms with Crippen LogP contribution in [0.4, 0.5) is 0 Å². The lowest BCUT2D eigenvalue weighted by atomic mass is 10.2. The molecule has 4 nitrogen and oxygen atoms in total. The molecule has 0 aliphatic heterocycles. The van der Waals surface area contributed by atoms with Crippen LogP contribution in [0, 0.1) is 6.92 Å². The number of carbonyl (C=O) groups excluding carboxylic acids is 1. The van der Waals surface area contributed by atoms with Crippen molar-refractivity contribution in [2.24, 2.45) is 0 Å². The number of hydrogen-bond donors (Lipinski definition) is 0. The van der Waals surface area contributed by atoms with Crippen LogP contribution < -0.4 is 0 Å². The van der Waals surface area contributed by atoms with Crippen molar-refractivity contribution in [2.45, 2.75) is 20.3 Å². The summed E-state index contributed by atoms with van der Waals surface area (Å²) in [6, 6.07) is 8.14. The first-order valence-electron chi connectivity index (χ1n) is 6.25. The molecule has 1 aromatic carbocycles. The predicted octanol–water partition coefficient (Wildman–Crippen LogP) is 3.30. The molecular weight excluding hydrogens is 240 g/mol. The minimum Gasteiger partial charge on any atom is -0.457 e. The normalized spacial score (nSPS) is 11.1. The lowest BCUT2D eigenvalue weighted by molar-refractivity contribution is 0.110. The molecule has 4 heteroatoms. The van der Waals surface area contributed by atoms with E-state index in [0.717, 1.165) is 35.3 Å². The SMILES string of the molecule is CCc1nc2coc(C=O)c2n1-c1ccc(C)cc1. The molecule has 19 heavy (non-hydrogen) atoms. The van der Waals surface area contributed by atoms with E-state index in [-0.39, 0.29) is 0 Å². The van der Waals surface area contributed by atoms with E-state index in [2.05, 4.69) is 4.98 Å². The summed E-state index contributed by atoms with van der Waals surface area (Å²) < 4.78 is 7.23. The predicted molar refractivity (Wildman–Crippen MR) is 72.8 cm³/mol. The van der Waals surface area contributed by atoms with Crippen molar-refractivity contribution in [2.75, 3.05) is 0 Å². The molecule has 0 aliphatic rings. The number of aryl methyl sites for hydroxylation is 2. The van der Waals surface area contributed by atoms with Gasteiger partial charge in [-0.25, -0.2) is 4.98 Å². The topological polar surface area (TPSA) is 48.0 Å². The quantitative estimate of drug-likeness (QED) is 0.674. The first kappa shape index (κ1) is 11.7. The van der Waals surface area contributed by atoms with Crippen molar-refractivity contribution in [1.29, 1.82) is 0 Å². The van der Waals surface area contributed by atoms with Crippen molar-refractivity contribution in [1.82, 2.24) is 9.55 Å². The minimum absolute atomic E-state index is 0.322. The van der Waals surface area contributed by atoms with E-state index in [1.165, 1.54) is 11.8 Å². The Morgan fingerprint density at radius 3 is 2.68 bits per heavy atom. The summed E-state index contributed by atoms with van der Waals surface area (Å²) in [6.45, 7) is 4.09. The Kier molecular flexibility index (Phi) is 2.71. The monoisotopic (exact) mass is 254 g/mol.